The van der Waals surface area contributed by atoms with Crippen LogP contribution in [0.25, 0.3) is 11.5 Å². The maximum absolute atomic E-state index is 12.4. The van der Waals surface area contributed by atoms with E-state index in [2.05, 4.69) is 26.4 Å². The molecule has 6 nitrogen and oxygen atoms in total. The van der Waals surface area contributed by atoms with Crippen LogP contribution in [0.5, 0.6) is 0 Å². The second-order valence-corrected chi connectivity index (χ2v) is 6.41. The monoisotopic (exact) mass is 350 g/mol. The van der Waals surface area contributed by atoms with Crippen LogP contribution < -0.4 is 5.32 Å². The Hall–Kier alpha value is -2.99. The van der Waals surface area contributed by atoms with Gasteiger partial charge in [-0.05, 0) is 56.4 Å². The number of nitrogens with zero attached hydrogens (tertiary/aromatic N) is 3. The highest BCUT2D eigenvalue weighted by molar-refractivity contribution is 5.94. The van der Waals surface area contributed by atoms with Crippen LogP contribution in [0.1, 0.15) is 27.3 Å². The van der Waals surface area contributed by atoms with Gasteiger partial charge in [-0.15, -0.1) is 0 Å². The molecule has 26 heavy (non-hydrogen) atoms. The number of carbonyl (C=O) groups is 1. The van der Waals surface area contributed by atoms with E-state index >= 15 is 0 Å². The lowest BCUT2D eigenvalue weighted by molar-refractivity contribution is 0.0951. The van der Waals surface area contributed by atoms with Gasteiger partial charge in [0, 0.05) is 24.2 Å². The van der Waals surface area contributed by atoms with Gasteiger partial charge in [-0.2, -0.15) is 4.98 Å². The van der Waals surface area contributed by atoms with E-state index in [1.165, 1.54) is 5.56 Å². The summed E-state index contributed by atoms with van der Waals surface area (Å²) in [5, 5.41) is 6.76. The summed E-state index contributed by atoms with van der Waals surface area (Å²) >= 11 is 0. The van der Waals surface area contributed by atoms with E-state index in [1.54, 1.807) is 19.1 Å². The molecule has 2 aromatic carbocycles. The number of aromatic nitrogens is 2. The zero-order chi connectivity index (χ0) is 18.5. The standard InChI is InChI=1S/C20H22N4O2/c1-14-22-20(26-23-14)16-10-8-15(9-11-16)19(25)21-12-17-6-4-5-7-18(17)13-24(2)3/h4-11H,12-13H2,1-3H3,(H,21,25). The summed E-state index contributed by atoms with van der Waals surface area (Å²) in [5.41, 5.74) is 3.71. The van der Waals surface area contributed by atoms with Gasteiger partial charge in [0.2, 0.25) is 0 Å². The average Bonchev–Trinajstić information content (AvgIpc) is 3.07. The Morgan fingerprint density at radius 3 is 2.38 bits per heavy atom. The minimum atomic E-state index is -0.113. The Balaban J connectivity index is 1.65. The Morgan fingerprint density at radius 1 is 1.08 bits per heavy atom. The first-order valence-corrected chi connectivity index (χ1v) is 8.43. The van der Waals surface area contributed by atoms with Crippen molar-refractivity contribution in [3.63, 3.8) is 0 Å². The lowest BCUT2D eigenvalue weighted by Gasteiger charge is -2.14. The second-order valence-electron chi connectivity index (χ2n) is 6.41. The third-order valence-electron chi connectivity index (χ3n) is 3.97. The summed E-state index contributed by atoms with van der Waals surface area (Å²) < 4.78 is 5.14. The Morgan fingerprint density at radius 2 is 1.77 bits per heavy atom. The molecule has 0 unspecified atom stereocenters. The number of aryl methyl sites for hydroxylation is 1. The molecule has 0 fully saturated rings. The molecule has 6 heteroatoms. The topological polar surface area (TPSA) is 71.3 Å². The zero-order valence-electron chi connectivity index (χ0n) is 15.2. The molecule has 0 aliphatic rings. The molecule has 0 atom stereocenters. The van der Waals surface area contributed by atoms with Crippen molar-refractivity contribution in [3.8, 4) is 11.5 Å². The number of hydrogen-bond donors (Lipinski definition) is 1. The highest BCUT2D eigenvalue weighted by atomic mass is 16.5. The number of hydrogen-bond acceptors (Lipinski definition) is 5. The molecule has 1 heterocycles. The van der Waals surface area contributed by atoms with E-state index in [0.29, 0.717) is 23.8 Å². The maximum atomic E-state index is 12.4. The van der Waals surface area contributed by atoms with Gasteiger partial charge in [0.1, 0.15) is 0 Å². The van der Waals surface area contributed by atoms with Crippen molar-refractivity contribution in [1.82, 2.24) is 20.4 Å². The molecule has 0 aliphatic carbocycles. The Kier molecular flexibility index (Phi) is 5.43. The molecule has 1 N–H and O–H groups in total. The summed E-state index contributed by atoms with van der Waals surface area (Å²) in [6.07, 6.45) is 0. The van der Waals surface area contributed by atoms with Crippen molar-refractivity contribution in [2.75, 3.05) is 14.1 Å². The number of carbonyl (C=O) groups excluding carboxylic acids is 1. The van der Waals surface area contributed by atoms with Gasteiger partial charge in [-0.1, -0.05) is 29.4 Å². The molecular weight excluding hydrogens is 328 g/mol. The molecule has 0 spiro atoms. The van der Waals surface area contributed by atoms with Crippen LogP contribution in [0, 0.1) is 6.92 Å². The van der Waals surface area contributed by atoms with Crippen LogP contribution in [-0.2, 0) is 13.1 Å². The highest BCUT2D eigenvalue weighted by Crippen LogP contribution is 2.18. The van der Waals surface area contributed by atoms with Gasteiger partial charge in [-0.25, -0.2) is 0 Å². The van der Waals surface area contributed by atoms with Crippen molar-refractivity contribution >= 4 is 5.91 Å². The van der Waals surface area contributed by atoms with Crippen molar-refractivity contribution in [3.05, 3.63) is 71.0 Å². The van der Waals surface area contributed by atoms with E-state index in [0.717, 1.165) is 17.7 Å². The van der Waals surface area contributed by atoms with Crippen LogP contribution in [0.2, 0.25) is 0 Å². The number of nitrogens with one attached hydrogen (secondary N) is 1. The zero-order valence-corrected chi connectivity index (χ0v) is 15.2. The second kappa shape index (κ2) is 7.93. The first-order chi connectivity index (χ1) is 12.5. The number of benzene rings is 2. The summed E-state index contributed by atoms with van der Waals surface area (Å²) in [4.78, 5) is 18.7. The van der Waals surface area contributed by atoms with Gasteiger partial charge in [-0.3, -0.25) is 4.79 Å². The summed E-state index contributed by atoms with van der Waals surface area (Å²) in [5.74, 6) is 0.920. The number of rotatable bonds is 6. The Bertz CT molecular complexity index is 885. The van der Waals surface area contributed by atoms with Crippen molar-refractivity contribution in [1.29, 1.82) is 0 Å². The first-order valence-electron chi connectivity index (χ1n) is 8.43. The fourth-order valence-electron chi connectivity index (χ4n) is 2.68. The molecule has 134 valence electrons. The fraction of sp³-hybridized carbons (Fsp3) is 0.250. The quantitative estimate of drug-likeness (QED) is 0.740. The average molecular weight is 350 g/mol. The van der Waals surface area contributed by atoms with E-state index < -0.39 is 0 Å². The molecular formula is C20H22N4O2. The molecule has 0 saturated heterocycles. The van der Waals surface area contributed by atoms with Gasteiger partial charge in [0.25, 0.3) is 11.8 Å². The van der Waals surface area contributed by atoms with Crippen LogP contribution in [0.3, 0.4) is 0 Å². The molecule has 0 saturated carbocycles. The van der Waals surface area contributed by atoms with E-state index in [4.69, 9.17) is 4.52 Å². The molecule has 0 bridgehead atoms. The van der Waals surface area contributed by atoms with Gasteiger partial charge in [0.15, 0.2) is 5.82 Å². The molecule has 3 aromatic rings. The summed E-state index contributed by atoms with van der Waals surface area (Å²) in [7, 11) is 4.06. The van der Waals surface area contributed by atoms with Gasteiger partial charge < -0.3 is 14.7 Å². The minimum Gasteiger partial charge on any atom is -0.348 e. The lowest BCUT2D eigenvalue weighted by Crippen LogP contribution is -2.24. The predicted octanol–water partition coefficient (Wildman–Crippen LogP) is 3.04. The van der Waals surface area contributed by atoms with E-state index in [9.17, 15) is 4.79 Å². The normalized spacial score (nSPS) is 10.9. The third-order valence-corrected chi connectivity index (χ3v) is 3.97. The molecule has 0 radical (unpaired) electrons. The van der Waals surface area contributed by atoms with Crippen molar-refractivity contribution < 1.29 is 9.32 Å². The molecule has 1 amide bonds. The fourth-order valence-corrected chi connectivity index (χ4v) is 2.68. The van der Waals surface area contributed by atoms with E-state index in [1.807, 2.05) is 44.4 Å². The highest BCUT2D eigenvalue weighted by Gasteiger charge is 2.10. The third kappa shape index (κ3) is 4.34. The molecule has 0 aliphatic heterocycles. The summed E-state index contributed by atoms with van der Waals surface area (Å²) in [6.45, 7) is 3.10. The minimum absolute atomic E-state index is 0.113. The first kappa shape index (κ1) is 17.8. The predicted molar refractivity (Wildman–Crippen MR) is 99.5 cm³/mol. The Labute approximate surface area is 152 Å². The van der Waals surface area contributed by atoms with Crippen LogP contribution in [0.15, 0.2) is 53.1 Å². The van der Waals surface area contributed by atoms with Gasteiger partial charge >= 0.3 is 0 Å². The van der Waals surface area contributed by atoms with Crippen molar-refractivity contribution in [2.24, 2.45) is 0 Å². The van der Waals surface area contributed by atoms with Gasteiger partial charge in [0.05, 0.1) is 0 Å². The number of amides is 1. The van der Waals surface area contributed by atoms with Crippen LogP contribution in [0.4, 0.5) is 0 Å². The van der Waals surface area contributed by atoms with E-state index in [-0.39, 0.29) is 5.91 Å². The lowest BCUT2D eigenvalue weighted by atomic mass is 10.1. The molecule has 1 aromatic heterocycles. The van der Waals surface area contributed by atoms with Crippen LogP contribution in [-0.4, -0.2) is 35.0 Å². The van der Waals surface area contributed by atoms with Crippen molar-refractivity contribution in [2.45, 2.75) is 20.0 Å². The maximum Gasteiger partial charge on any atom is 0.257 e. The largest absolute Gasteiger partial charge is 0.348 e. The van der Waals surface area contributed by atoms with Crippen LogP contribution >= 0.6 is 0 Å². The summed E-state index contributed by atoms with van der Waals surface area (Å²) in [6, 6.07) is 15.3. The molecule has 3 rings (SSSR count). The SMILES string of the molecule is Cc1noc(-c2ccc(C(=O)NCc3ccccc3CN(C)C)cc2)n1. The smallest absolute Gasteiger partial charge is 0.257 e.